The number of carboxylic acids is 1. The molecule has 0 aliphatic heterocycles. The Balaban J connectivity index is 1.84. The summed E-state index contributed by atoms with van der Waals surface area (Å²) in [5.41, 5.74) is 0.477. The zero-order valence-corrected chi connectivity index (χ0v) is 15.6. The fourth-order valence-corrected chi connectivity index (χ4v) is 3.72. The topological polar surface area (TPSA) is 71.4 Å². The number of Topliss-reactive ketones (excluding diaryl/α,β-unsaturated/α-hetero) is 1. The van der Waals surface area contributed by atoms with E-state index in [0.717, 1.165) is 32.1 Å². The molecule has 1 N–H and O–H groups in total. The van der Waals surface area contributed by atoms with Crippen molar-refractivity contribution in [1.29, 1.82) is 0 Å². The van der Waals surface area contributed by atoms with Gasteiger partial charge in [-0.1, -0.05) is 49.1 Å². The minimum atomic E-state index is -0.760. The molecule has 1 aromatic carbocycles. The molecular formula is C21H25ClO4. The van der Waals surface area contributed by atoms with Crippen LogP contribution in [0.15, 0.2) is 36.4 Å². The van der Waals surface area contributed by atoms with Crippen molar-refractivity contribution in [2.24, 2.45) is 11.8 Å². The molecule has 2 unspecified atom stereocenters. The van der Waals surface area contributed by atoms with Gasteiger partial charge in [0.25, 0.3) is 0 Å². The van der Waals surface area contributed by atoms with Crippen molar-refractivity contribution < 1.29 is 19.5 Å². The van der Waals surface area contributed by atoms with Crippen molar-refractivity contribution in [1.82, 2.24) is 0 Å². The lowest BCUT2D eigenvalue weighted by Gasteiger charge is -2.14. The summed E-state index contributed by atoms with van der Waals surface area (Å²) in [6.07, 6.45) is 9.19. The van der Waals surface area contributed by atoms with E-state index in [2.05, 4.69) is 0 Å². The second-order valence-corrected chi connectivity index (χ2v) is 7.23. The first-order valence-electron chi connectivity index (χ1n) is 9.20. The van der Waals surface area contributed by atoms with E-state index < -0.39 is 5.97 Å². The van der Waals surface area contributed by atoms with Gasteiger partial charge in [-0.05, 0) is 43.4 Å². The zero-order valence-electron chi connectivity index (χ0n) is 14.8. The number of carboxylic acid groups (broad SMARTS) is 1. The highest BCUT2D eigenvalue weighted by atomic mass is 35.5. The summed E-state index contributed by atoms with van der Waals surface area (Å²) >= 11 is 6.05. The third kappa shape index (κ3) is 6.10. The molecular weight excluding hydrogens is 352 g/mol. The van der Waals surface area contributed by atoms with Crippen molar-refractivity contribution in [3.05, 3.63) is 47.0 Å². The summed E-state index contributed by atoms with van der Waals surface area (Å²) in [6, 6.07) is 6.95. The maximum Gasteiger partial charge on any atom is 0.303 e. The molecule has 26 heavy (non-hydrogen) atoms. The zero-order chi connectivity index (χ0) is 18.9. The van der Waals surface area contributed by atoms with E-state index >= 15 is 0 Å². The smallest absolute Gasteiger partial charge is 0.303 e. The fourth-order valence-electron chi connectivity index (χ4n) is 3.50. The Morgan fingerprint density at radius 2 is 1.88 bits per heavy atom. The van der Waals surface area contributed by atoms with E-state index in [-0.39, 0.29) is 29.8 Å². The monoisotopic (exact) mass is 376 g/mol. The number of unbranched alkanes of at least 4 members (excludes halogenated alkanes) is 3. The fraction of sp³-hybridized carbons (Fsp3) is 0.476. The second-order valence-electron chi connectivity index (χ2n) is 6.83. The number of allylic oxidation sites excluding steroid dienone is 2. The molecule has 0 bridgehead atoms. The van der Waals surface area contributed by atoms with Crippen LogP contribution >= 0.6 is 11.6 Å². The highest BCUT2D eigenvalue weighted by Crippen LogP contribution is 2.34. The first-order valence-corrected chi connectivity index (χ1v) is 9.58. The van der Waals surface area contributed by atoms with Crippen LogP contribution in [0.2, 0.25) is 5.02 Å². The van der Waals surface area contributed by atoms with Crippen molar-refractivity contribution in [2.45, 2.75) is 51.4 Å². The van der Waals surface area contributed by atoms with Gasteiger partial charge in [0.1, 0.15) is 5.78 Å². The molecule has 1 aliphatic carbocycles. The molecule has 1 aliphatic rings. The average Bonchev–Trinajstić information content (AvgIpc) is 2.96. The van der Waals surface area contributed by atoms with Crippen LogP contribution in [-0.2, 0) is 9.59 Å². The Morgan fingerprint density at radius 3 is 2.62 bits per heavy atom. The van der Waals surface area contributed by atoms with E-state index in [9.17, 15) is 14.4 Å². The second kappa shape index (κ2) is 10.3. The quantitative estimate of drug-likeness (QED) is 0.350. The van der Waals surface area contributed by atoms with Crippen LogP contribution in [0, 0.1) is 11.8 Å². The van der Waals surface area contributed by atoms with Gasteiger partial charge in [-0.25, -0.2) is 0 Å². The summed E-state index contributed by atoms with van der Waals surface area (Å²) < 4.78 is 0. The Morgan fingerprint density at radius 1 is 1.15 bits per heavy atom. The van der Waals surface area contributed by atoms with E-state index in [1.54, 1.807) is 30.3 Å². The molecule has 0 radical (unpaired) electrons. The van der Waals surface area contributed by atoms with Crippen LogP contribution in [0.4, 0.5) is 0 Å². The first kappa shape index (κ1) is 20.4. The van der Waals surface area contributed by atoms with Gasteiger partial charge in [0.2, 0.25) is 0 Å². The van der Waals surface area contributed by atoms with Crippen LogP contribution in [0.1, 0.15) is 61.7 Å². The molecule has 2 rings (SSSR count). The molecule has 5 heteroatoms. The lowest BCUT2D eigenvalue weighted by atomic mass is 9.89. The number of carbonyl (C=O) groups excluding carboxylic acids is 2. The Labute approximate surface area is 159 Å². The number of rotatable bonds is 10. The Kier molecular flexibility index (Phi) is 8.05. The number of hydrogen-bond acceptors (Lipinski definition) is 3. The molecule has 4 nitrogen and oxygen atoms in total. The van der Waals surface area contributed by atoms with Crippen LogP contribution < -0.4 is 0 Å². The molecule has 0 amide bonds. The summed E-state index contributed by atoms with van der Waals surface area (Å²) in [4.78, 5) is 34.9. The van der Waals surface area contributed by atoms with Gasteiger partial charge in [0.05, 0.1) is 5.02 Å². The summed E-state index contributed by atoms with van der Waals surface area (Å²) in [7, 11) is 0. The normalized spacial score (nSPS) is 20.0. The van der Waals surface area contributed by atoms with Gasteiger partial charge in [-0.3, -0.25) is 14.4 Å². The predicted molar refractivity (Wildman–Crippen MR) is 101 cm³/mol. The maximum atomic E-state index is 12.3. The molecule has 0 saturated heterocycles. The standard InChI is InChI=1S/C21H25ClO4/c22-18-9-6-5-8-17(18)20(24)14-12-15-11-13-19(23)16(15)7-3-1-2-4-10-21(25)26/h5-6,8-9,12,14-16H,1-4,7,10-11,13H2,(H,25,26)/b14-12+. The molecule has 2 atom stereocenters. The van der Waals surface area contributed by atoms with E-state index in [0.29, 0.717) is 23.4 Å². The van der Waals surface area contributed by atoms with Gasteiger partial charge in [0.15, 0.2) is 5.78 Å². The molecule has 1 saturated carbocycles. The molecule has 0 heterocycles. The number of ketones is 2. The van der Waals surface area contributed by atoms with E-state index in [1.807, 2.05) is 6.08 Å². The lowest BCUT2D eigenvalue weighted by molar-refractivity contribution is -0.137. The molecule has 140 valence electrons. The van der Waals surface area contributed by atoms with Gasteiger partial charge in [-0.15, -0.1) is 0 Å². The van der Waals surface area contributed by atoms with Crippen LogP contribution in [0.3, 0.4) is 0 Å². The molecule has 0 aromatic heterocycles. The molecule has 1 fully saturated rings. The highest BCUT2D eigenvalue weighted by molar-refractivity contribution is 6.34. The minimum absolute atomic E-state index is 0.0234. The van der Waals surface area contributed by atoms with E-state index in [1.165, 1.54) is 0 Å². The maximum absolute atomic E-state index is 12.3. The minimum Gasteiger partial charge on any atom is -0.481 e. The van der Waals surface area contributed by atoms with Crippen molar-refractivity contribution in [3.63, 3.8) is 0 Å². The molecule has 0 spiro atoms. The number of benzene rings is 1. The number of aliphatic carboxylic acids is 1. The largest absolute Gasteiger partial charge is 0.481 e. The summed E-state index contributed by atoms with van der Waals surface area (Å²) in [5, 5.41) is 9.06. The van der Waals surface area contributed by atoms with Crippen LogP contribution in [0.5, 0.6) is 0 Å². The number of carbonyl (C=O) groups is 3. The Bertz CT molecular complexity index is 680. The van der Waals surface area contributed by atoms with E-state index in [4.69, 9.17) is 16.7 Å². The average molecular weight is 377 g/mol. The SMILES string of the molecule is O=C(O)CCCCCCC1C(=O)CCC1/C=C/C(=O)c1ccccc1Cl. The third-order valence-electron chi connectivity index (χ3n) is 4.94. The number of hydrogen-bond donors (Lipinski definition) is 1. The van der Waals surface area contributed by atoms with Gasteiger partial charge in [-0.2, -0.15) is 0 Å². The van der Waals surface area contributed by atoms with Crippen molar-refractivity contribution in [3.8, 4) is 0 Å². The summed E-state index contributed by atoms with van der Waals surface area (Å²) in [6.45, 7) is 0. The van der Waals surface area contributed by atoms with Crippen molar-refractivity contribution >= 4 is 29.1 Å². The van der Waals surface area contributed by atoms with Gasteiger partial charge >= 0.3 is 5.97 Å². The highest BCUT2D eigenvalue weighted by Gasteiger charge is 2.32. The van der Waals surface area contributed by atoms with Gasteiger partial charge < -0.3 is 5.11 Å². The van der Waals surface area contributed by atoms with Crippen LogP contribution in [-0.4, -0.2) is 22.6 Å². The third-order valence-corrected chi connectivity index (χ3v) is 5.27. The lowest BCUT2D eigenvalue weighted by Crippen LogP contribution is -2.13. The predicted octanol–water partition coefficient (Wildman–Crippen LogP) is 5.10. The Hall–Kier alpha value is -1.94. The summed E-state index contributed by atoms with van der Waals surface area (Å²) in [5.74, 6) is -0.542. The molecule has 1 aromatic rings. The number of halogens is 1. The van der Waals surface area contributed by atoms with Crippen molar-refractivity contribution in [2.75, 3.05) is 0 Å². The van der Waals surface area contributed by atoms with Gasteiger partial charge in [0, 0.05) is 24.3 Å². The van der Waals surface area contributed by atoms with Crippen LogP contribution in [0.25, 0.3) is 0 Å². The first-order chi connectivity index (χ1) is 12.5.